The van der Waals surface area contributed by atoms with Crippen LogP contribution in [0.3, 0.4) is 0 Å². The summed E-state index contributed by atoms with van der Waals surface area (Å²) in [5.74, 6) is 0.809. The molecule has 0 fully saturated rings. The first-order valence-electron chi connectivity index (χ1n) is 5.02. The number of hydrogen-bond acceptors (Lipinski definition) is 2. The van der Waals surface area contributed by atoms with Crippen LogP contribution in [0.4, 0.5) is 0 Å². The molecule has 0 aliphatic heterocycles. The van der Waals surface area contributed by atoms with E-state index in [1.54, 1.807) is 0 Å². The van der Waals surface area contributed by atoms with Gasteiger partial charge in [-0.1, -0.05) is 55.4 Å². The Balaban J connectivity index is 2.24. The molecule has 0 radical (unpaired) electrons. The van der Waals surface area contributed by atoms with Crippen LogP contribution in [-0.2, 0) is 10.5 Å². The van der Waals surface area contributed by atoms with Gasteiger partial charge < -0.3 is 0 Å². The Morgan fingerprint density at radius 2 is 2.00 bits per heavy atom. The van der Waals surface area contributed by atoms with Gasteiger partial charge in [0.15, 0.2) is 5.12 Å². The zero-order valence-corrected chi connectivity index (χ0v) is 9.35. The summed E-state index contributed by atoms with van der Waals surface area (Å²) in [6.45, 7) is 2.11. The first kappa shape index (κ1) is 11.3. The van der Waals surface area contributed by atoms with E-state index in [9.17, 15) is 4.79 Å². The van der Waals surface area contributed by atoms with E-state index in [0.717, 1.165) is 18.6 Å². The van der Waals surface area contributed by atoms with E-state index < -0.39 is 0 Å². The van der Waals surface area contributed by atoms with Crippen LogP contribution in [0.15, 0.2) is 30.3 Å². The maximum absolute atomic E-state index is 11.3. The maximum Gasteiger partial charge on any atom is 0.189 e. The van der Waals surface area contributed by atoms with Crippen LogP contribution in [-0.4, -0.2) is 5.12 Å². The first-order chi connectivity index (χ1) is 6.83. The van der Waals surface area contributed by atoms with E-state index in [1.807, 2.05) is 18.2 Å². The van der Waals surface area contributed by atoms with Crippen LogP contribution in [0.1, 0.15) is 31.7 Å². The highest BCUT2D eigenvalue weighted by Crippen LogP contribution is 2.15. The van der Waals surface area contributed by atoms with Crippen LogP contribution >= 0.6 is 11.8 Å². The molecule has 1 aromatic rings. The maximum atomic E-state index is 11.3. The average molecular weight is 208 g/mol. The lowest BCUT2D eigenvalue weighted by molar-refractivity contribution is -0.111. The molecular weight excluding hydrogens is 192 g/mol. The number of benzene rings is 1. The smallest absolute Gasteiger partial charge is 0.189 e. The summed E-state index contributed by atoms with van der Waals surface area (Å²) < 4.78 is 0. The molecule has 1 rings (SSSR count). The summed E-state index contributed by atoms with van der Waals surface area (Å²) in [4.78, 5) is 11.3. The fraction of sp³-hybridized carbons (Fsp3) is 0.417. The molecule has 1 aromatic carbocycles. The number of unbranched alkanes of at least 4 members (excludes halogenated alkanes) is 1. The average Bonchev–Trinajstić information content (AvgIpc) is 2.25. The molecule has 1 nitrogen and oxygen atoms in total. The highest BCUT2D eigenvalue weighted by Gasteiger charge is 2.01. The lowest BCUT2D eigenvalue weighted by Crippen LogP contribution is -1.92. The van der Waals surface area contributed by atoms with Crippen molar-refractivity contribution >= 4 is 16.9 Å². The van der Waals surface area contributed by atoms with Gasteiger partial charge in [0, 0.05) is 12.2 Å². The van der Waals surface area contributed by atoms with E-state index in [1.165, 1.54) is 17.3 Å². The van der Waals surface area contributed by atoms with Gasteiger partial charge in [-0.25, -0.2) is 0 Å². The lowest BCUT2D eigenvalue weighted by Gasteiger charge is -1.99. The van der Waals surface area contributed by atoms with Gasteiger partial charge in [-0.2, -0.15) is 0 Å². The second-order valence-corrected chi connectivity index (χ2v) is 4.28. The third-order valence-corrected chi connectivity index (χ3v) is 2.98. The summed E-state index contributed by atoms with van der Waals surface area (Å²) >= 11 is 1.43. The third-order valence-electron chi connectivity index (χ3n) is 1.98. The summed E-state index contributed by atoms with van der Waals surface area (Å²) in [5, 5.41) is 0.315. The van der Waals surface area contributed by atoms with E-state index >= 15 is 0 Å². The zero-order chi connectivity index (χ0) is 10.2. The highest BCUT2D eigenvalue weighted by atomic mass is 32.2. The largest absolute Gasteiger partial charge is 0.287 e. The van der Waals surface area contributed by atoms with Crippen LogP contribution < -0.4 is 0 Å². The van der Waals surface area contributed by atoms with Crippen molar-refractivity contribution in [2.24, 2.45) is 0 Å². The van der Waals surface area contributed by atoms with Crippen LogP contribution in [0.25, 0.3) is 0 Å². The highest BCUT2D eigenvalue weighted by molar-refractivity contribution is 8.12. The second kappa shape index (κ2) is 6.66. The normalized spacial score (nSPS) is 10.1. The van der Waals surface area contributed by atoms with Crippen LogP contribution in [0.2, 0.25) is 0 Å². The van der Waals surface area contributed by atoms with E-state index in [0.29, 0.717) is 11.5 Å². The predicted octanol–water partition coefficient (Wildman–Crippen LogP) is 3.64. The molecule has 0 N–H and O–H groups in total. The molecule has 0 unspecified atom stereocenters. The van der Waals surface area contributed by atoms with E-state index in [2.05, 4.69) is 19.1 Å². The number of hydrogen-bond donors (Lipinski definition) is 0. The van der Waals surface area contributed by atoms with Crippen LogP contribution in [0.5, 0.6) is 0 Å². The predicted molar refractivity (Wildman–Crippen MR) is 62.3 cm³/mol. The van der Waals surface area contributed by atoms with Crippen molar-refractivity contribution in [2.75, 3.05) is 0 Å². The van der Waals surface area contributed by atoms with Crippen molar-refractivity contribution in [3.05, 3.63) is 35.9 Å². The molecule has 0 aliphatic rings. The van der Waals surface area contributed by atoms with Crippen LogP contribution in [0, 0.1) is 0 Å². The molecule has 76 valence electrons. The van der Waals surface area contributed by atoms with E-state index in [-0.39, 0.29) is 0 Å². The number of carbonyl (C=O) groups is 1. The van der Waals surface area contributed by atoms with E-state index in [4.69, 9.17) is 0 Å². The zero-order valence-electron chi connectivity index (χ0n) is 8.53. The Labute approximate surface area is 89.9 Å². The summed E-state index contributed by atoms with van der Waals surface area (Å²) in [6, 6.07) is 10.1. The fourth-order valence-electron chi connectivity index (χ4n) is 1.13. The molecule has 0 atom stereocenters. The molecule has 0 bridgehead atoms. The Hall–Kier alpha value is -0.760. The molecule has 0 saturated carbocycles. The molecule has 0 heterocycles. The molecule has 0 aliphatic carbocycles. The Bertz CT molecular complexity index is 269. The second-order valence-electron chi connectivity index (χ2n) is 3.25. The molecule has 14 heavy (non-hydrogen) atoms. The first-order valence-corrected chi connectivity index (χ1v) is 6.01. The Morgan fingerprint density at radius 1 is 1.29 bits per heavy atom. The standard InChI is InChI=1S/C12H16OS/c1-2-3-9-12(13)14-10-11-7-5-4-6-8-11/h4-8H,2-3,9-10H2,1H3. The molecule has 2 heteroatoms. The van der Waals surface area contributed by atoms with Gasteiger partial charge in [0.25, 0.3) is 0 Å². The monoisotopic (exact) mass is 208 g/mol. The number of thioether (sulfide) groups is 1. The van der Waals surface area contributed by atoms with Gasteiger partial charge in [0.05, 0.1) is 0 Å². The molecule has 0 saturated heterocycles. The van der Waals surface area contributed by atoms with Crippen molar-refractivity contribution in [1.29, 1.82) is 0 Å². The quantitative estimate of drug-likeness (QED) is 0.735. The van der Waals surface area contributed by atoms with Gasteiger partial charge >= 0.3 is 0 Å². The SMILES string of the molecule is CCCCC(=O)SCc1ccccc1. The minimum Gasteiger partial charge on any atom is -0.287 e. The molecule has 0 aromatic heterocycles. The minimum absolute atomic E-state index is 0.315. The molecular formula is C12H16OS. The number of carbonyl (C=O) groups excluding carboxylic acids is 1. The fourth-order valence-corrected chi connectivity index (χ4v) is 1.94. The van der Waals surface area contributed by atoms with Crippen molar-refractivity contribution < 1.29 is 4.79 Å². The van der Waals surface area contributed by atoms with Crippen molar-refractivity contribution in [1.82, 2.24) is 0 Å². The summed E-state index contributed by atoms with van der Waals surface area (Å²) in [6.07, 6.45) is 2.83. The Kier molecular flexibility index (Phi) is 5.38. The third kappa shape index (κ3) is 4.47. The van der Waals surface area contributed by atoms with Gasteiger partial charge in [-0.05, 0) is 12.0 Å². The van der Waals surface area contributed by atoms with Gasteiger partial charge in [-0.3, -0.25) is 4.79 Å². The lowest BCUT2D eigenvalue weighted by atomic mass is 10.2. The topological polar surface area (TPSA) is 17.1 Å². The Morgan fingerprint density at radius 3 is 2.64 bits per heavy atom. The summed E-state index contributed by atoms with van der Waals surface area (Å²) in [7, 11) is 0. The molecule has 0 spiro atoms. The minimum atomic E-state index is 0.315. The number of rotatable bonds is 5. The van der Waals surface area contributed by atoms with Gasteiger partial charge in [-0.15, -0.1) is 0 Å². The van der Waals surface area contributed by atoms with Gasteiger partial charge in [0.2, 0.25) is 0 Å². The summed E-state index contributed by atoms with van der Waals surface area (Å²) in [5.41, 5.74) is 1.22. The van der Waals surface area contributed by atoms with Gasteiger partial charge in [0.1, 0.15) is 0 Å². The van der Waals surface area contributed by atoms with Crippen molar-refractivity contribution in [2.45, 2.75) is 31.9 Å². The molecule has 0 amide bonds. The van der Waals surface area contributed by atoms with Crippen molar-refractivity contribution in [3.8, 4) is 0 Å². The van der Waals surface area contributed by atoms with Crippen molar-refractivity contribution in [3.63, 3.8) is 0 Å².